The third-order valence-corrected chi connectivity index (χ3v) is 2.48. The Bertz CT molecular complexity index is 273. The van der Waals surface area contributed by atoms with Crippen LogP contribution in [0.2, 0.25) is 0 Å². The maximum absolute atomic E-state index is 11.6. The number of carbonyl (C=O) groups excluding carboxylic acids is 1. The van der Waals surface area contributed by atoms with Crippen molar-refractivity contribution < 1.29 is 9.21 Å². The van der Waals surface area contributed by atoms with Gasteiger partial charge in [-0.05, 0) is 31.5 Å². The van der Waals surface area contributed by atoms with Crippen LogP contribution in [0.3, 0.4) is 0 Å². The van der Waals surface area contributed by atoms with E-state index in [0.717, 1.165) is 19.5 Å². The van der Waals surface area contributed by atoms with Gasteiger partial charge in [0.1, 0.15) is 6.26 Å². The molecule has 3 nitrogen and oxygen atoms in total. The molecule has 2 rings (SSSR count). The number of Topliss-reactive ketones (excluding diaryl/α,β-unsaturated/α-hetero) is 1. The van der Waals surface area contributed by atoms with Crippen molar-refractivity contribution >= 4 is 5.78 Å². The highest BCUT2D eigenvalue weighted by Crippen LogP contribution is 2.15. The van der Waals surface area contributed by atoms with Crippen molar-refractivity contribution in [2.24, 2.45) is 5.92 Å². The number of ketones is 1. The zero-order valence-electron chi connectivity index (χ0n) is 7.45. The summed E-state index contributed by atoms with van der Waals surface area (Å²) in [4.78, 5) is 11.6. The molecule has 1 atom stereocenters. The Morgan fingerprint density at radius 3 is 3.23 bits per heavy atom. The third kappa shape index (κ3) is 1.98. The Hall–Kier alpha value is -1.09. The van der Waals surface area contributed by atoms with Crippen LogP contribution in [0, 0.1) is 5.92 Å². The maximum Gasteiger partial charge on any atom is 0.166 e. The van der Waals surface area contributed by atoms with E-state index < -0.39 is 0 Å². The van der Waals surface area contributed by atoms with Crippen molar-refractivity contribution in [3.05, 3.63) is 24.2 Å². The Kier molecular flexibility index (Phi) is 2.45. The third-order valence-electron chi connectivity index (χ3n) is 2.48. The van der Waals surface area contributed by atoms with Gasteiger partial charge in [0.15, 0.2) is 5.78 Å². The first kappa shape index (κ1) is 8.51. The van der Waals surface area contributed by atoms with Crippen LogP contribution in [-0.4, -0.2) is 18.9 Å². The van der Waals surface area contributed by atoms with E-state index >= 15 is 0 Å². The molecule has 1 fully saturated rings. The van der Waals surface area contributed by atoms with Crippen molar-refractivity contribution in [2.45, 2.75) is 12.8 Å². The summed E-state index contributed by atoms with van der Waals surface area (Å²) in [6.07, 6.45) is 4.82. The highest BCUT2D eigenvalue weighted by molar-refractivity contribution is 5.95. The Balaban J connectivity index is 1.91. The van der Waals surface area contributed by atoms with Crippen LogP contribution in [0.4, 0.5) is 0 Å². The van der Waals surface area contributed by atoms with Crippen LogP contribution in [0.1, 0.15) is 23.2 Å². The summed E-state index contributed by atoms with van der Waals surface area (Å²) in [6.45, 7) is 2.02. The average molecular weight is 179 g/mol. The van der Waals surface area contributed by atoms with Crippen molar-refractivity contribution in [3.63, 3.8) is 0 Å². The molecule has 0 radical (unpaired) electrons. The lowest BCUT2D eigenvalue weighted by molar-refractivity contribution is 0.0964. The number of rotatable bonds is 3. The summed E-state index contributed by atoms with van der Waals surface area (Å²) in [7, 11) is 0. The van der Waals surface area contributed by atoms with Gasteiger partial charge in [-0.3, -0.25) is 4.79 Å². The van der Waals surface area contributed by atoms with Gasteiger partial charge in [-0.15, -0.1) is 0 Å². The Labute approximate surface area is 77.1 Å². The molecule has 2 heterocycles. The van der Waals surface area contributed by atoms with Gasteiger partial charge in [-0.2, -0.15) is 0 Å². The van der Waals surface area contributed by atoms with E-state index in [2.05, 4.69) is 5.32 Å². The fraction of sp³-hybridized carbons (Fsp3) is 0.500. The van der Waals surface area contributed by atoms with Crippen molar-refractivity contribution in [1.29, 1.82) is 0 Å². The van der Waals surface area contributed by atoms with E-state index in [9.17, 15) is 4.79 Å². The minimum Gasteiger partial charge on any atom is -0.472 e. The lowest BCUT2D eigenvalue weighted by Crippen LogP contribution is -2.12. The lowest BCUT2D eigenvalue weighted by atomic mass is 9.99. The first-order valence-electron chi connectivity index (χ1n) is 4.62. The molecule has 1 saturated heterocycles. The standard InChI is InChI=1S/C10H13NO2/c12-10(9-2-4-13-7-9)5-8-1-3-11-6-8/h2,4,7-8,11H,1,3,5-6H2. The molecular weight excluding hydrogens is 166 g/mol. The summed E-state index contributed by atoms with van der Waals surface area (Å²) in [5, 5.41) is 3.25. The van der Waals surface area contributed by atoms with Gasteiger partial charge >= 0.3 is 0 Å². The van der Waals surface area contributed by atoms with Gasteiger partial charge in [0.25, 0.3) is 0 Å². The highest BCUT2D eigenvalue weighted by atomic mass is 16.3. The molecule has 1 aliphatic rings. The zero-order chi connectivity index (χ0) is 9.10. The number of furan rings is 1. The Morgan fingerprint density at radius 1 is 1.69 bits per heavy atom. The number of nitrogens with one attached hydrogen (secondary N) is 1. The maximum atomic E-state index is 11.6. The van der Waals surface area contributed by atoms with Crippen LogP contribution >= 0.6 is 0 Å². The van der Waals surface area contributed by atoms with Crippen LogP contribution in [0.5, 0.6) is 0 Å². The lowest BCUT2D eigenvalue weighted by Gasteiger charge is -2.04. The van der Waals surface area contributed by atoms with Crippen molar-refractivity contribution in [2.75, 3.05) is 13.1 Å². The van der Waals surface area contributed by atoms with Gasteiger partial charge < -0.3 is 9.73 Å². The molecule has 0 amide bonds. The first-order valence-corrected chi connectivity index (χ1v) is 4.62. The van der Waals surface area contributed by atoms with Gasteiger partial charge in [0.2, 0.25) is 0 Å². The molecule has 0 spiro atoms. The molecule has 3 heteroatoms. The monoisotopic (exact) mass is 179 g/mol. The smallest absolute Gasteiger partial charge is 0.166 e. The molecular formula is C10H13NO2. The van der Waals surface area contributed by atoms with Gasteiger partial charge in [-0.25, -0.2) is 0 Å². The van der Waals surface area contributed by atoms with Crippen LogP contribution in [-0.2, 0) is 0 Å². The number of hydrogen-bond acceptors (Lipinski definition) is 3. The number of carbonyl (C=O) groups is 1. The highest BCUT2D eigenvalue weighted by Gasteiger charge is 2.19. The van der Waals surface area contributed by atoms with E-state index in [-0.39, 0.29) is 5.78 Å². The summed E-state index contributed by atoms with van der Waals surface area (Å²) in [5.41, 5.74) is 0.701. The van der Waals surface area contributed by atoms with E-state index in [0.29, 0.717) is 17.9 Å². The van der Waals surface area contributed by atoms with Gasteiger partial charge in [0, 0.05) is 6.42 Å². The van der Waals surface area contributed by atoms with Crippen molar-refractivity contribution in [1.82, 2.24) is 5.32 Å². The minimum absolute atomic E-state index is 0.197. The summed E-state index contributed by atoms with van der Waals surface area (Å²) >= 11 is 0. The molecule has 1 unspecified atom stereocenters. The molecule has 0 aromatic carbocycles. The minimum atomic E-state index is 0.197. The average Bonchev–Trinajstić information content (AvgIpc) is 2.74. The molecule has 0 aliphatic carbocycles. The second kappa shape index (κ2) is 3.75. The van der Waals surface area contributed by atoms with E-state index in [1.54, 1.807) is 12.3 Å². The fourth-order valence-electron chi connectivity index (χ4n) is 1.69. The zero-order valence-corrected chi connectivity index (χ0v) is 7.45. The fourth-order valence-corrected chi connectivity index (χ4v) is 1.69. The molecule has 0 saturated carbocycles. The van der Waals surface area contributed by atoms with Crippen LogP contribution < -0.4 is 5.32 Å². The number of hydrogen-bond donors (Lipinski definition) is 1. The quantitative estimate of drug-likeness (QED) is 0.714. The summed E-state index contributed by atoms with van der Waals surface area (Å²) in [5.74, 6) is 0.713. The summed E-state index contributed by atoms with van der Waals surface area (Å²) < 4.78 is 4.86. The van der Waals surface area contributed by atoms with Crippen LogP contribution in [0.15, 0.2) is 23.0 Å². The topological polar surface area (TPSA) is 42.2 Å². The molecule has 1 N–H and O–H groups in total. The van der Waals surface area contributed by atoms with Crippen LogP contribution in [0.25, 0.3) is 0 Å². The normalized spacial score (nSPS) is 22.0. The molecule has 1 aromatic heterocycles. The van der Waals surface area contributed by atoms with Gasteiger partial charge in [-0.1, -0.05) is 0 Å². The molecule has 0 bridgehead atoms. The first-order chi connectivity index (χ1) is 6.36. The van der Waals surface area contributed by atoms with E-state index in [4.69, 9.17) is 4.42 Å². The Morgan fingerprint density at radius 2 is 2.62 bits per heavy atom. The van der Waals surface area contributed by atoms with Crippen molar-refractivity contribution in [3.8, 4) is 0 Å². The largest absolute Gasteiger partial charge is 0.472 e. The van der Waals surface area contributed by atoms with E-state index in [1.807, 2.05) is 0 Å². The second-order valence-corrected chi connectivity index (χ2v) is 3.50. The molecule has 1 aromatic rings. The second-order valence-electron chi connectivity index (χ2n) is 3.50. The summed E-state index contributed by atoms with van der Waals surface area (Å²) in [6, 6.07) is 1.73. The predicted octanol–water partition coefficient (Wildman–Crippen LogP) is 1.46. The molecule has 13 heavy (non-hydrogen) atoms. The molecule has 1 aliphatic heterocycles. The SMILES string of the molecule is O=C(CC1CCNC1)c1ccoc1. The van der Waals surface area contributed by atoms with E-state index in [1.165, 1.54) is 6.26 Å². The molecule has 70 valence electrons. The predicted molar refractivity (Wildman–Crippen MR) is 48.6 cm³/mol. The van der Waals surface area contributed by atoms with Gasteiger partial charge in [0.05, 0.1) is 11.8 Å².